The SMILES string of the molecule is CCN(CC)CC(C)NCC1(C)CCCS1. The fourth-order valence-corrected chi connectivity index (χ4v) is 3.56. The Morgan fingerprint density at radius 3 is 2.56 bits per heavy atom. The van der Waals surface area contributed by atoms with Crippen LogP contribution in [0.3, 0.4) is 0 Å². The highest BCUT2D eigenvalue weighted by atomic mass is 32.2. The molecule has 96 valence electrons. The van der Waals surface area contributed by atoms with Gasteiger partial charge >= 0.3 is 0 Å². The van der Waals surface area contributed by atoms with Gasteiger partial charge in [0.15, 0.2) is 0 Å². The Morgan fingerprint density at radius 1 is 1.38 bits per heavy atom. The largest absolute Gasteiger partial charge is 0.312 e. The summed E-state index contributed by atoms with van der Waals surface area (Å²) in [5.74, 6) is 1.35. The highest BCUT2D eigenvalue weighted by Crippen LogP contribution is 2.36. The van der Waals surface area contributed by atoms with Gasteiger partial charge in [0.05, 0.1) is 0 Å². The maximum atomic E-state index is 3.70. The zero-order valence-electron chi connectivity index (χ0n) is 11.4. The molecule has 2 nitrogen and oxygen atoms in total. The molecular formula is C13H28N2S. The van der Waals surface area contributed by atoms with Crippen molar-refractivity contribution in [3.8, 4) is 0 Å². The molecule has 16 heavy (non-hydrogen) atoms. The fraction of sp³-hybridized carbons (Fsp3) is 1.00. The van der Waals surface area contributed by atoms with E-state index in [-0.39, 0.29) is 0 Å². The van der Waals surface area contributed by atoms with Gasteiger partial charge in [-0.15, -0.1) is 0 Å². The molecule has 3 heteroatoms. The molecule has 0 aromatic carbocycles. The summed E-state index contributed by atoms with van der Waals surface area (Å²) in [5.41, 5.74) is 0. The Bertz CT molecular complexity index is 186. The van der Waals surface area contributed by atoms with Gasteiger partial charge in [0.2, 0.25) is 0 Å². The van der Waals surface area contributed by atoms with Crippen molar-refractivity contribution in [2.75, 3.05) is 31.9 Å². The van der Waals surface area contributed by atoms with Gasteiger partial charge in [-0.2, -0.15) is 11.8 Å². The van der Waals surface area contributed by atoms with E-state index in [9.17, 15) is 0 Å². The average molecular weight is 244 g/mol. The van der Waals surface area contributed by atoms with Crippen LogP contribution in [0, 0.1) is 0 Å². The van der Waals surface area contributed by atoms with Crippen LogP contribution in [0.5, 0.6) is 0 Å². The molecule has 1 fully saturated rings. The van der Waals surface area contributed by atoms with E-state index >= 15 is 0 Å². The molecular weight excluding hydrogens is 216 g/mol. The Kier molecular flexibility index (Phi) is 6.16. The average Bonchev–Trinajstić information content (AvgIpc) is 2.71. The first-order valence-electron chi connectivity index (χ1n) is 6.69. The minimum absolute atomic E-state index is 0.498. The standard InChI is InChI=1S/C13H28N2S/c1-5-15(6-2)10-12(3)14-11-13(4)8-7-9-16-13/h12,14H,5-11H2,1-4H3. The van der Waals surface area contributed by atoms with E-state index < -0.39 is 0 Å². The van der Waals surface area contributed by atoms with Crippen molar-refractivity contribution in [2.24, 2.45) is 0 Å². The van der Waals surface area contributed by atoms with Gasteiger partial charge < -0.3 is 10.2 Å². The van der Waals surface area contributed by atoms with Crippen molar-refractivity contribution in [1.82, 2.24) is 10.2 Å². The lowest BCUT2D eigenvalue weighted by Crippen LogP contribution is -2.44. The van der Waals surface area contributed by atoms with Gasteiger partial charge in [0.25, 0.3) is 0 Å². The molecule has 1 rings (SSSR count). The van der Waals surface area contributed by atoms with Crippen molar-refractivity contribution >= 4 is 11.8 Å². The van der Waals surface area contributed by atoms with Crippen LogP contribution in [-0.4, -0.2) is 47.6 Å². The second-order valence-electron chi connectivity index (χ2n) is 5.17. The minimum atomic E-state index is 0.498. The monoisotopic (exact) mass is 244 g/mol. The molecule has 0 aromatic heterocycles. The second kappa shape index (κ2) is 6.87. The molecule has 0 amide bonds. The Balaban J connectivity index is 2.21. The first-order chi connectivity index (χ1) is 7.59. The molecule has 0 aromatic rings. The molecule has 1 aliphatic heterocycles. The van der Waals surface area contributed by atoms with Gasteiger partial charge in [-0.3, -0.25) is 0 Å². The number of hydrogen-bond donors (Lipinski definition) is 1. The maximum Gasteiger partial charge on any atom is 0.0256 e. The summed E-state index contributed by atoms with van der Waals surface area (Å²) >= 11 is 2.14. The third-order valence-electron chi connectivity index (χ3n) is 3.55. The van der Waals surface area contributed by atoms with Gasteiger partial charge in [0.1, 0.15) is 0 Å². The summed E-state index contributed by atoms with van der Waals surface area (Å²) in [6.45, 7) is 13.9. The normalized spacial score (nSPS) is 27.6. The second-order valence-corrected chi connectivity index (χ2v) is 6.85. The van der Waals surface area contributed by atoms with E-state index in [0.29, 0.717) is 10.8 Å². The van der Waals surface area contributed by atoms with Crippen LogP contribution < -0.4 is 5.32 Å². The highest BCUT2D eigenvalue weighted by Gasteiger charge is 2.29. The molecule has 0 bridgehead atoms. The van der Waals surface area contributed by atoms with Crippen molar-refractivity contribution in [2.45, 2.75) is 51.3 Å². The van der Waals surface area contributed by atoms with E-state index in [2.05, 4.69) is 49.7 Å². The highest BCUT2D eigenvalue weighted by molar-refractivity contribution is 8.00. The number of nitrogens with one attached hydrogen (secondary N) is 1. The van der Waals surface area contributed by atoms with E-state index in [4.69, 9.17) is 0 Å². The number of thioether (sulfide) groups is 1. The molecule has 0 saturated carbocycles. The van der Waals surface area contributed by atoms with Crippen molar-refractivity contribution in [3.63, 3.8) is 0 Å². The molecule has 0 aliphatic carbocycles. The quantitative estimate of drug-likeness (QED) is 0.741. The summed E-state index contributed by atoms with van der Waals surface area (Å²) in [7, 11) is 0. The lowest BCUT2D eigenvalue weighted by molar-refractivity contribution is 0.268. The van der Waals surface area contributed by atoms with Crippen LogP contribution in [0.2, 0.25) is 0 Å². The third kappa shape index (κ3) is 4.64. The van der Waals surface area contributed by atoms with Gasteiger partial charge in [-0.05, 0) is 45.5 Å². The van der Waals surface area contributed by atoms with Crippen LogP contribution in [0.15, 0.2) is 0 Å². The third-order valence-corrected chi connectivity index (χ3v) is 5.09. The van der Waals surface area contributed by atoms with Crippen LogP contribution in [0.25, 0.3) is 0 Å². The van der Waals surface area contributed by atoms with Crippen LogP contribution in [0.1, 0.15) is 40.5 Å². The number of rotatable bonds is 7. The predicted molar refractivity (Wildman–Crippen MR) is 75.3 cm³/mol. The molecule has 0 radical (unpaired) electrons. The number of hydrogen-bond acceptors (Lipinski definition) is 3. The summed E-state index contributed by atoms with van der Waals surface area (Å²) < 4.78 is 0.498. The first-order valence-corrected chi connectivity index (χ1v) is 7.68. The number of likely N-dealkylation sites (N-methyl/N-ethyl adjacent to an activating group) is 1. The molecule has 1 aliphatic rings. The lowest BCUT2D eigenvalue weighted by atomic mass is 10.1. The van der Waals surface area contributed by atoms with E-state index in [1.54, 1.807) is 0 Å². The van der Waals surface area contributed by atoms with Crippen LogP contribution >= 0.6 is 11.8 Å². The van der Waals surface area contributed by atoms with Crippen molar-refractivity contribution in [1.29, 1.82) is 0 Å². The molecule has 1 heterocycles. The fourth-order valence-electron chi connectivity index (χ4n) is 2.30. The lowest BCUT2D eigenvalue weighted by Gasteiger charge is -2.28. The van der Waals surface area contributed by atoms with E-state index in [1.807, 2.05) is 0 Å². The predicted octanol–water partition coefficient (Wildman–Crippen LogP) is 2.59. The zero-order valence-corrected chi connectivity index (χ0v) is 12.2. The smallest absolute Gasteiger partial charge is 0.0256 e. The van der Waals surface area contributed by atoms with Gasteiger partial charge in [-0.25, -0.2) is 0 Å². The summed E-state index contributed by atoms with van der Waals surface area (Å²) in [6, 6.07) is 0.609. The van der Waals surface area contributed by atoms with Crippen LogP contribution in [0.4, 0.5) is 0 Å². The van der Waals surface area contributed by atoms with E-state index in [1.165, 1.54) is 31.7 Å². The summed E-state index contributed by atoms with van der Waals surface area (Å²) in [4.78, 5) is 2.49. The Morgan fingerprint density at radius 2 is 2.06 bits per heavy atom. The van der Waals surface area contributed by atoms with Gasteiger partial charge in [-0.1, -0.05) is 13.8 Å². The number of nitrogens with zero attached hydrogens (tertiary/aromatic N) is 1. The molecule has 1 N–H and O–H groups in total. The Labute approximate surface area is 106 Å². The zero-order chi connectivity index (χ0) is 12.0. The maximum absolute atomic E-state index is 3.70. The minimum Gasteiger partial charge on any atom is -0.312 e. The summed E-state index contributed by atoms with van der Waals surface area (Å²) in [5, 5.41) is 3.70. The van der Waals surface area contributed by atoms with Crippen LogP contribution in [-0.2, 0) is 0 Å². The Hall–Kier alpha value is 0.270. The topological polar surface area (TPSA) is 15.3 Å². The molecule has 2 unspecified atom stereocenters. The van der Waals surface area contributed by atoms with Crippen molar-refractivity contribution < 1.29 is 0 Å². The van der Waals surface area contributed by atoms with Gasteiger partial charge in [0, 0.05) is 23.9 Å². The molecule has 1 saturated heterocycles. The summed E-state index contributed by atoms with van der Waals surface area (Å²) in [6.07, 6.45) is 2.77. The first kappa shape index (κ1) is 14.3. The molecule has 0 spiro atoms. The van der Waals surface area contributed by atoms with E-state index in [0.717, 1.165) is 13.1 Å². The van der Waals surface area contributed by atoms with Crippen molar-refractivity contribution in [3.05, 3.63) is 0 Å². The molecule has 2 atom stereocenters.